The minimum atomic E-state index is -0.402. The molecule has 2 aliphatic rings. The molecule has 3 aromatic rings. The molecule has 0 amide bonds. The molecule has 3 heterocycles. The number of rotatable bonds is 5. The average molecular weight is 470 g/mol. The number of aryl methyl sites for hydroxylation is 1. The van der Waals surface area contributed by atoms with Crippen LogP contribution in [-0.2, 0) is 17.7 Å². The fourth-order valence-corrected chi connectivity index (χ4v) is 4.97. The molecule has 2 aliphatic heterocycles. The molecule has 33 heavy (non-hydrogen) atoms. The number of hydrogen-bond acceptors (Lipinski definition) is 6. The van der Waals surface area contributed by atoms with Gasteiger partial charge in [0, 0.05) is 35.0 Å². The van der Waals surface area contributed by atoms with Gasteiger partial charge in [0.25, 0.3) is 0 Å². The summed E-state index contributed by atoms with van der Waals surface area (Å²) in [5.41, 5.74) is 5.61. The van der Waals surface area contributed by atoms with Crippen molar-refractivity contribution in [1.29, 1.82) is 0 Å². The van der Waals surface area contributed by atoms with Crippen LogP contribution in [0.15, 0.2) is 24.3 Å². The van der Waals surface area contributed by atoms with Crippen LogP contribution in [-0.4, -0.2) is 38.2 Å². The Hall–Kier alpha value is -3.32. The van der Waals surface area contributed by atoms with Crippen LogP contribution in [0.3, 0.4) is 0 Å². The number of esters is 1. The SMILES string of the molecule is CCOC(=O)c1c(-c2cc3c(cc2Cl)OCO3)c(C)n2c1-c1cc(OC)c(OC)cc1CC2. The molecule has 0 fully saturated rings. The smallest absolute Gasteiger partial charge is 0.340 e. The molecule has 8 heteroatoms. The summed E-state index contributed by atoms with van der Waals surface area (Å²) >= 11 is 6.69. The van der Waals surface area contributed by atoms with Crippen molar-refractivity contribution in [2.24, 2.45) is 0 Å². The molecule has 0 bridgehead atoms. The van der Waals surface area contributed by atoms with E-state index < -0.39 is 5.97 Å². The number of halogens is 1. The lowest BCUT2D eigenvalue weighted by atomic mass is 9.93. The van der Waals surface area contributed by atoms with E-state index >= 15 is 0 Å². The lowest BCUT2D eigenvalue weighted by Gasteiger charge is -2.23. The molecule has 172 valence electrons. The third-order valence-corrected chi connectivity index (χ3v) is 6.52. The van der Waals surface area contributed by atoms with Crippen LogP contribution < -0.4 is 18.9 Å². The first-order chi connectivity index (χ1) is 16.0. The first-order valence-electron chi connectivity index (χ1n) is 10.7. The fraction of sp³-hybridized carbons (Fsp3) is 0.320. The quantitative estimate of drug-likeness (QED) is 0.475. The van der Waals surface area contributed by atoms with E-state index in [1.165, 1.54) is 0 Å². The van der Waals surface area contributed by atoms with Crippen LogP contribution in [0.4, 0.5) is 0 Å². The highest BCUT2D eigenvalue weighted by Crippen LogP contribution is 2.48. The highest BCUT2D eigenvalue weighted by atomic mass is 35.5. The first-order valence-corrected chi connectivity index (χ1v) is 11.1. The predicted octanol–water partition coefficient (Wildman–Crippen LogP) is 5.26. The summed E-state index contributed by atoms with van der Waals surface area (Å²) in [6.07, 6.45) is 0.786. The molecule has 0 saturated carbocycles. The van der Waals surface area contributed by atoms with E-state index in [9.17, 15) is 4.79 Å². The summed E-state index contributed by atoms with van der Waals surface area (Å²) in [6.45, 7) is 4.89. The maximum Gasteiger partial charge on any atom is 0.340 e. The van der Waals surface area contributed by atoms with Gasteiger partial charge >= 0.3 is 5.97 Å². The lowest BCUT2D eigenvalue weighted by molar-refractivity contribution is 0.0528. The highest BCUT2D eigenvalue weighted by molar-refractivity contribution is 6.34. The van der Waals surface area contributed by atoms with E-state index in [-0.39, 0.29) is 13.4 Å². The Bertz CT molecular complexity index is 1280. The van der Waals surface area contributed by atoms with Crippen LogP contribution >= 0.6 is 11.6 Å². The Morgan fingerprint density at radius 1 is 1.06 bits per heavy atom. The molecule has 0 atom stereocenters. The number of methoxy groups -OCH3 is 2. The predicted molar refractivity (Wildman–Crippen MR) is 124 cm³/mol. The number of carbonyl (C=O) groups is 1. The Kier molecular flexibility index (Phi) is 5.37. The summed E-state index contributed by atoms with van der Waals surface area (Å²) < 4.78 is 29.8. The van der Waals surface area contributed by atoms with E-state index in [4.69, 9.17) is 35.3 Å². The standard InChI is InChI=1S/C25H24ClNO6/c1-5-31-25(28)23-22(16-10-20-21(11-17(16)26)33-12-32-20)13(2)27-7-6-14-8-18(29-3)19(30-4)9-15(14)24(23)27/h8-11H,5-7,12H2,1-4H3. The minimum absolute atomic E-state index is 0.139. The molecule has 1 aromatic heterocycles. The molecule has 0 aliphatic carbocycles. The number of ether oxygens (including phenoxy) is 5. The van der Waals surface area contributed by atoms with Gasteiger partial charge in [0.05, 0.1) is 37.1 Å². The number of benzene rings is 2. The molecule has 0 saturated heterocycles. The molecular weight excluding hydrogens is 446 g/mol. The summed E-state index contributed by atoms with van der Waals surface area (Å²) in [6, 6.07) is 7.46. The summed E-state index contributed by atoms with van der Waals surface area (Å²) in [5.74, 6) is 2.04. The molecular formula is C25H24ClNO6. The number of fused-ring (bicyclic) bond motifs is 4. The van der Waals surface area contributed by atoms with Crippen LogP contribution in [0, 0.1) is 6.92 Å². The molecule has 0 radical (unpaired) electrons. The number of hydrogen-bond donors (Lipinski definition) is 0. The highest BCUT2D eigenvalue weighted by Gasteiger charge is 2.33. The van der Waals surface area contributed by atoms with Crippen LogP contribution in [0.2, 0.25) is 5.02 Å². The Morgan fingerprint density at radius 3 is 2.45 bits per heavy atom. The Balaban J connectivity index is 1.81. The molecule has 0 N–H and O–H groups in total. The lowest BCUT2D eigenvalue weighted by Crippen LogP contribution is -2.15. The monoisotopic (exact) mass is 469 g/mol. The molecule has 0 unspecified atom stereocenters. The third kappa shape index (κ3) is 3.30. The van der Waals surface area contributed by atoms with Gasteiger partial charge in [0.2, 0.25) is 6.79 Å². The van der Waals surface area contributed by atoms with Gasteiger partial charge in [-0.1, -0.05) is 11.6 Å². The maximum atomic E-state index is 13.4. The average Bonchev–Trinajstić information content (AvgIpc) is 3.39. The van der Waals surface area contributed by atoms with Crippen molar-refractivity contribution in [2.75, 3.05) is 27.6 Å². The van der Waals surface area contributed by atoms with Gasteiger partial charge < -0.3 is 28.3 Å². The van der Waals surface area contributed by atoms with Crippen molar-refractivity contribution in [3.63, 3.8) is 0 Å². The maximum absolute atomic E-state index is 13.4. The van der Waals surface area contributed by atoms with Crippen molar-refractivity contribution in [3.8, 4) is 45.4 Å². The van der Waals surface area contributed by atoms with Gasteiger partial charge in [0.1, 0.15) is 0 Å². The normalized spacial score (nSPS) is 13.4. The van der Waals surface area contributed by atoms with Crippen molar-refractivity contribution >= 4 is 17.6 Å². The zero-order chi connectivity index (χ0) is 23.3. The third-order valence-electron chi connectivity index (χ3n) is 6.20. The second-order valence-corrected chi connectivity index (χ2v) is 8.26. The minimum Gasteiger partial charge on any atom is -0.493 e. The van der Waals surface area contributed by atoms with Gasteiger partial charge in [-0.3, -0.25) is 0 Å². The van der Waals surface area contributed by atoms with Gasteiger partial charge in [-0.2, -0.15) is 0 Å². The van der Waals surface area contributed by atoms with Crippen LogP contribution in [0.1, 0.15) is 28.5 Å². The van der Waals surface area contributed by atoms with E-state index in [2.05, 4.69) is 4.57 Å². The second kappa shape index (κ2) is 8.23. The van der Waals surface area contributed by atoms with E-state index in [0.29, 0.717) is 45.7 Å². The van der Waals surface area contributed by atoms with Crippen molar-refractivity contribution in [2.45, 2.75) is 26.8 Å². The summed E-state index contributed by atoms with van der Waals surface area (Å²) in [4.78, 5) is 13.4. The topological polar surface area (TPSA) is 68.2 Å². The summed E-state index contributed by atoms with van der Waals surface area (Å²) in [7, 11) is 3.21. The largest absolute Gasteiger partial charge is 0.493 e. The molecule has 7 nitrogen and oxygen atoms in total. The van der Waals surface area contributed by atoms with Gasteiger partial charge in [-0.05, 0) is 44.0 Å². The Morgan fingerprint density at radius 2 is 1.76 bits per heavy atom. The zero-order valence-electron chi connectivity index (χ0n) is 18.9. The summed E-state index contributed by atoms with van der Waals surface area (Å²) in [5, 5.41) is 0.475. The van der Waals surface area contributed by atoms with Crippen molar-refractivity contribution in [1.82, 2.24) is 4.57 Å². The number of aromatic nitrogens is 1. The van der Waals surface area contributed by atoms with Gasteiger partial charge in [0.15, 0.2) is 23.0 Å². The van der Waals surface area contributed by atoms with Gasteiger partial charge in [-0.25, -0.2) is 4.79 Å². The van der Waals surface area contributed by atoms with Gasteiger partial charge in [-0.15, -0.1) is 0 Å². The fourth-order valence-electron chi connectivity index (χ4n) is 4.72. The van der Waals surface area contributed by atoms with E-state index in [1.807, 2.05) is 25.1 Å². The van der Waals surface area contributed by atoms with Crippen molar-refractivity contribution in [3.05, 3.63) is 46.1 Å². The number of carbonyl (C=O) groups excluding carboxylic acids is 1. The van der Waals surface area contributed by atoms with Crippen LogP contribution in [0.25, 0.3) is 22.4 Å². The molecule has 0 spiro atoms. The van der Waals surface area contributed by atoms with E-state index in [1.54, 1.807) is 27.2 Å². The second-order valence-electron chi connectivity index (χ2n) is 7.86. The first kappa shape index (κ1) is 21.5. The van der Waals surface area contributed by atoms with Crippen molar-refractivity contribution < 1.29 is 28.5 Å². The number of nitrogens with zero attached hydrogens (tertiary/aromatic N) is 1. The van der Waals surface area contributed by atoms with Crippen LogP contribution in [0.5, 0.6) is 23.0 Å². The molecule has 2 aromatic carbocycles. The zero-order valence-corrected chi connectivity index (χ0v) is 19.7. The Labute approximate surface area is 196 Å². The van der Waals surface area contributed by atoms with E-state index in [0.717, 1.165) is 34.5 Å². The molecule has 5 rings (SSSR count).